The van der Waals surface area contributed by atoms with Gasteiger partial charge in [-0.2, -0.15) is 12.6 Å². The van der Waals surface area contributed by atoms with Crippen molar-refractivity contribution in [2.45, 2.75) is 63.7 Å². The average Bonchev–Trinajstić information content (AvgIpc) is 3.28. The smallest absolute Gasteiger partial charge is 0.326 e. The van der Waals surface area contributed by atoms with Gasteiger partial charge in [0.05, 0.1) is 6.04 Å². The number of aromatic hydroxyl groups is 1. The van der Waals surface area contributed by atoms with E-state index in [9.17, 15) is 29.4 Å². The maximum atomic E-state index is 13.0. The number of phenols is 1. The minimum Gasteiger partial charge on any atom is -0.508 e. The lowest BCUT2D eigenvalue weighted by Gasteiger charge is -2.28. The molecule has 0 aliphatic carbocycles. The molecule has 2 rings (SSSR count). The zero-order chi connectivity index (χ0) is 25.4. The van der Waals surface area contributed by atoms with E-state index in [0.29, 0.717) is 25.8 Å². The normalized spacial score (nSPS) is 18.3. The molecular formula is C23H34N4O6S. The molecule has 3 amide bonds. The monoisotopic (exact) mass is 494 g/mol. The van der Waals surface area contributed by atoms with Crippen LogP contribution in [0.5, 0.6) is 5.75 Å². The van der Waals surface area contributed by atoms with Gasteiger partial charge in [-0.05, 0) is 49.3 Å². The van der Waals surface area contributed by atoms with Gasteiger partial charge in [-0.15, -0.1) is 0 Å². The summed E-state index contributed by atoms with van der Waals surface area (Å²) in [7, 11) is 0. The molecule has 188 valence electrons. The molecule has 1 heterocycles. The van der Waals surface area contributed by atoms with E-state index < -0.39 is 47.9 Å². The van der Waals surface area contributed by atoms with Gasteiger partial charge in [-0.25, -0.2) is 4.79 Å². The van der Waals surface area contributed by atoms with Gasteiger partial charge in [0.1, 0.15) is 23.9 Å². The number of nitrogens with one attached hydrogen (secondary N) is 2. The molecule has 0 radical (unpaired) electrons. The molecule has 1 aliphatic rings. The highest BCUT2D eigenvalue weighted by Crippen LogP contribution is 2.19. The highest BCUT2D eigenvalue weighted by molar-refractivity contribution is 7.80. The van der Waals surface area contributed by atoms with Crippen molar-refractivity contribution in [1.29, 1.82) is 0 Å². The number of nitrogens with zero attached hydrogens (tertiary/aromatic N) is 1. The number of benzene rings is 1. The molecule has 6 N–H and O–H groups in total. The SMILES string of the molecule is CC(C)CC(NC(=O)C(N)Cc1ccc(O)cc1)C(=O)NC(CS)C(=O)N1CCCC1C(=O)O. The van der Waals surface area contributed by atoms with Gasteiger partial charge in [0.2, 0.25) is 17.7 Å². The Balaban J connectivity index is 2.05. The number of carboxylic acid groups (broad SMARTS) is 1. The van der Waals surface area contributed by atoms with Crippen molar-refractivity contribution in [1.82, 2.24) is 15.5 Å². The molecule has 0 saturated carbocycles. The molecule has 1 aromatic carbocycles. The first-order valence-electron chi connectivity index (χ1n) is 11.3. The number of hydrogen-bond acceptors (Lipinski definition) is 7. The van der Waals surface area contributed by atoms with Crippen LogP contribution in [-0.4, -0.2) is 75.3 Å². The summed E-state index contributed by atoms with van der Waals surface area (Å²) in [6.07, 6.45) is 1.46. The first kappa shape index (κ1) is 27.5. The molecule has 11 heteroatoms. The molecule has 1 saturated heterocycles. The second-order valence-corrected chi connectivity index (χ2v) is 9.30. The zero-order valence-corrected chi connectivity index (χ0v) is 20.3. The fourth-order valence-corrected chi connectivity index (χ4v) is 4.15. The van der Waals surface area contributed by atoms with E-state index in [1.54, 1.807) is 12.1 Å². The van der Waals surface area contributed by atoms with E-state index in [1.807, 2.05) is 13.8 Å². The fourth-order valence-electron chi connectivity index (χ4n) is 3.91. The number of phenolic OH excluding ortho intramolecular Hbond substituents is 1. The third-order valence-corrected chi connectivity index (χ3v) is 6.05. The maximum absolute atomic E-state index is 13.0. The summed E-state index contributed by atoms with van der Waals surface area (Å²) < 4.78 is 0. The number of nitrogens with two attached hydrogens (primary N) is 1. The zero-order valence-electron chi connectivity index (χ0n) is 19.4. The molecular weight excluding hydrogens is 460 g/mol. The molecule has 34 heavy (non-hydrogen) atoms. The van der Waals surface area contributed by atoms with Crippen molar-refractivity contribution >= 4 is 36.3 Å². The number of carbonyl (C=O) groups excluding carboxylic acids is 3. The molecule has 4 atom stereocenters. The summed E-state index contributed by atoms with van der Waals surface area (Å²) in [5.41, 5.74) is 6.79. The minimum atomic E-state index is -1.08. The molecule has 1 aromatic rings. The fraction of sp³-hybridized carbons (Fsp3) is 0.565. The number of amides is 3. The van der Waals surface area contributed by atoms with Crippen molar-refractivity contribution in [2.24, 2.45) is 11.7 Å². The van der Waals surface area contributed by atoms with Crippen LogP contribution in [0.4, 0.5) is 0 Å². The van der Waals surface area contributed by atoms with Crippen LogP contribution in [0, 0.1) is 5.92 Å². The van der Waals surface area contributed by atoms with E-state index in [1.165, 1.54) is 17.0 Å². The third-order valence-electron chi connectivity index (χ3n) is 5.69. The summed E-state index contributed by atoms with van der Waals surface area (Å²) in [5, 5.41) is 24.0. The van der Waals surface area contributed by atoms with Crippen molar-refractivity contribution in [3.8, 4) is 5.75 Å². The topological polar surface area (TPSA) is 162 Å². The lowest BCUT2D eigenvalue weighted by molar-refractivity contribution is -0.149. The second-order valence-electron chi connectivity index (χ2n) is 8.94. The highest BCUT2D eigenvalue weighted by atomic mass is 32.1. The highest BCUT2D eigenvalue weighted by Gasteiger charge is 2.38. The Morgan fingerprint density at radius 3 is 2.29 bits per heavy atom. The van der Waals surface area contributed by atoms with Crippen LogP contribution in [0.3, 0.4) is 0 Å². The predicted octanol–water partition coefficient (Wildman–Crippen LogP) is 0.283. The number of hydrogen-bond donors (Lipinski definition) is 6. The summed E-state index contributed by atoms with van der Waals surface area (Å²) in [5.74, 6) is -2.52. The third kappa shape index (κ3) is 7.63. The number of aliphatic carboxylic acids is 1. The van der Waals surface area contributed by atoms with Crippen molar-refractivity contribution in [2.75, 3.05) is 12.3 Å². The maximum Gasteiger partial charge on any atom is 0.326 e. The minimum absolute atomic E-state index is 0.0177. The summed E-state index contributed by atoms with van der Waals surface area (Å²) in [6.45, 7) is 4.09. The summed E-state index contributed by atoms with van der Waals surface area (Å²) in [4.78, 5) is 51.3. The summed E-state index contributed by atoms with van der Waals surface area (Å²) >= 11 is 4.17. The van der Waals surface area contributed by atoms with Gasteiger partial charge >= 0.3 is 5.97 Å². The molecule has 10 nitrogen and oxygen atoms in total. The number of carboxylic acids is 1. The first-order chi connectivity index (χ1) is 16.0. The predicted molar refractivity (Wildman–Crippen MR) is 129 cm³/mol. The van der Waals surface area contributed by atoms with E-state index in [4.69, 9.17) is 5.73 Å². The van der Waals surface area contributed by atoms with Crippen LogP contribution in [0.2, 0.25) is 0 Å². The second kappa shape index (κ2) is 12.6. The van der Waals surface area contributed by atoms with E-state index in [0.717, 1.165) is 5.56 Å². The molecule has 0 spiro atoms. The number of likely N-dealkylation sites (tertiary alicyclic amines) is 1. The molecule has 0 aromatic heterocycles. The van der Waals surface area contributed by atoms with Gasteiger partial charge in [-0.1, -0.05) is 26.0 Å². The van der Waals surface area contributed by atoms with Crippen LogP contribution in [0.15, 0.2) is 24.3 Å². The van der Waals surface area contributed by atoms with E-state index in [-0.39, 0.29) is 23.8 Å². The molecule has 1 fully saturated rings. The number of rotatable bonds is 11. The molecule has 0 bridgehead atoms. The van der Waals surface area contributed by atoms with Gasteiger partial charge in [-0.3, -0.25) is 14.4 Å². The van der Waals surface area contributed by atoms with Crippen LogP contribution < -0.4 is 16.4 Å². The average molecular weight is 495 g/mol. The lowest BCUT2D eigenvalue weighted by Crippen LogP contribution is -2.58. The number of thiol groups is 1. The first-order valence-corrected chi connectivity index (χ1v) is 11.9. The van der Waals surface area contributed by atoms with Crippen LogP contribution in [-0.2, 0) is 25.6 Å². The number of carbonyl (C=O) groups is 4. The van der Waals surface area contributed by atoms with Crippen molar-refractivity contribution in [3.05, 3.63) is 29.8 Å². The Labute approximate surface area is 204 Å². The Morgan fingerprint density at radius 1 is 1.12 bits per heavy atom. The Bertz CT molecular complexity index is 879. The standard InChI is InChI=1S/C23H34N4O6S/c1-13(2)10-17(25-20(29)16(24)11-14-5-7-15(28)8-6-14)21(30)26-18(12-34)22(31)27-9-3-4-19(27)23(32)33/h5-8,13,16-19,28,34H,3-4,9-12,24H2,1-2H3,(H,25,29)(H,26,30)(H,32,33). The van der Waals surface area contributed by atoms with Crippen molar-refractivity contribution < 1.29 is 29.4 Å². The van der Waals surface area contributed by atoms with Crippen LogP contribution >= 0.6 is 12.6 Å². The largest absolute Gasteiger partial charge is 0.508 e. The van der Waals surface area contributed by atoms with Crippen LogP contribution in [0.1, 0.15) is 38.7 Å². The van der Waals surface area contributed by atoms with Crippen molar-refractivity contribution in [3.63, 3.8) is 0 Å². The van der Waals surface area contributed by atoms with Crippen LogP contribution in [0.25, 0.3) is 0 Å². The molecule has 4 unspecified atom stereocenters. The van der Waals surface area contributed by atoms with Gasteiger partial charge < -0.3 is 31.5 Å². The van der Waals surface area contributed by atoms with E-state index in [2.05, 4.69) is 23.3 Å². The Kier molecular flexibility index (Phi) is 10.2. The van der Waals surface area contributed by atoms with Gasteiger partial charge in [0.15, 0.2) is 0 Å². The molecule has 1 aliphatic heterocycles. The van der Waals surface area contributed by atoms with Gasteiger partial charge in [0.25, 0.3) is 0 Å². The van der Waals surface area contributed by atoms with Gasteiger partial charge in [0, 0.05) is 12.3 Å². The Morgan fingerprint density at radius 2 is 1.74 bits per heavy atom. The quantitative estimate of drug-likeness (QED) is 0.241. The summed E-state index contributed by atoms with van der Waals surface area (Å²) in [6, 6.07) is 2.53. The Hall–Kier alpha value is -2.79. The van der Waals surface area contributed by atoms with E-state index >= 15 is 0 Å². The lowest BCUT2D eigenvalue weighted by atomic mass is 10.0.